The van der Waals surface area contributed by atoms with E-state index in [4.69, 9.17) is 0 Å². The van der Waals surface area contributed by atoms with Crippen LogP contribution in [-0.4, -0.2) is 5.11 Å². The van der Waals surface area contributed by atoms with Gasteiger partial charge in [0.05, 0.1) is 72.0 Å². The Hall–Kier alpha value is -12.0. The fourth-order valence-electron chi connectivity index (χ4n) is 14.6. The molecule has 142 heavy (non-hydrogen) atoms. The van der Waals surface area contributed by atoms with Gasteiger partial charge in [0.15, 0.2) is 88.1 Å². The first-order chi connectivity index (χ1) is 69.7. The second-order valence-electron chi connectivity index (χ2n) is 33.3. The number of aliphatic hydroxyl groups is 1. The van der Waals surface area contributed by atoms with E-state index in [0.29, 0.717) is 0 Å². The number of unbranched alkanes of at least 4 members (excludes halogenated alkanes) is 4. The number of hydrogen-bond acceptors (Lipinski definition) is 1. The second-order valence-corrected chi connectivity index (χ2v) is 45.3. The van der Waals surface area contributed by atoms with Crippen LogP contribution in [0.3, 0.4) is 0 Å². The zero-order valence-electron chi connectivity index (χ0n) is 87.6. The lowest BCUT2D eigenvalue weighted by Crippen LogP contribution is -2.11. The molecular formula is C135H156OS6+6. The molecule has 0 spiro atoms. The highest BCUT2D eigenvalue weighted by atomic mass is 32.2. The van der Waals surface area contributed by atoms with Gasteiger partial charge >= 0.3 is 0 Å². The highest BCUT2D eigenvalue weighted by Gasteiger charge is 2.35. The van der Waals surface area contributed by atoms with Crippen molar-refractivity contribution in [2.75, 3.05) is 0 Å². The van der Waals surface area contributed by atoms with Crippen LogP contribution in [0.5, 0.6) is 0 Å². The van der Waals surface area contributed by atoms with E-state index in [0.717, 1.165) is 5.56 Å². The molecule has 0 aliphatic carbocycles. The Morgan fingerprint density at radius 3 is 0.465 bits per heavy atom. The van der Waals surface area contributed by atoms with E-state index in [1.807, 2.05) is 65.8 Å². The molecule has 0 heterocycles. The number of hydrogen-bond donors (Lipinski definition) is 1. The van der Waals surface area contributed by atoms with E-state index >= 15 is 0 Å². The molecule has 1 N–H and O–H groups in total. The maximum absolute atomic E-state index is 9.20. The molecule has 0 bridgehead atoms. The molecule has 18 rings (SSSR count). The summed E-state index contributed by atoms with van der Waals surface area (Å²) in [6.45, 7) is 38.6. The molecule has 0 radical (unpaired) electrons. The molecule has 0 saturated heterocycles. The zero-order chi connectivity index (χ0) is 102. The Kier molecular flexibility index (Phi) is 57.5. The summed E-state index contributed by atoms with van der Waals surface area (Å²) < 4.78 is 0. The van der Waals surface area contributed by atoms with Gasteiger partial charge in [-0.3, -0.25) is 0 Å². The number of rotatable bonds is 23. The van der Waals surface area contributed by atoms with Crippen molar-refractivity contribution in [2.45, 2.75) is 270 Å². The summed E-state index contributed by atoms with van der Waals surface area (Å²) in [4.78, 5) is 24.4. The molecule has 0 atom stereocenters. The number of aryl methyl sites for hydroxylation is 3. The maximum Gasteiger partial charge on any atom is 0.172 e. The highest BCUT2D eigenvalue weighted by molar-refractivity contribution is 7.98. The van der Waals surface area contributed by atoms with Crippen LogP contribution in [0, 0.1) is 20.8 Å². The zero-order valence-corrected chi connectivity index (χ0v) is 92.5. The van der Waals surface area contributed by atoms with Crippen molar-refractivity contribution >= 4 is 65.4 Å². The fourth-order valence-corrected chi connectivity index (χ4v) is 27.4. The Morgan fingerprint density at radius 1 is 0.190 bits per heavy atom. The molecule has 7 heteroatoms. The minimum atomic E-state index is -0.107. The standard InChI is InChI=1S/C22H23S.C21H21S.C19H17OS.3C18H15S.C6H14.C4H10.C3H8.3C2H6/c1-22(2,3)18-14-16-21(17-15-18)23(19-10-6-4-7-11-19)20-12-8-5-9-13-20;1-16-14-17(2)21(18(3)15-16)22(19-10-6-4-7-11-19)20-12-8-5-9-13-20;20-15-16-11-13-19(14-12-16)21(17-7-3-1-4-8-17)18-9-5-2-6-10-18;3*1-4-10-16(11-5-1)19(17-12-6-2-7-13-17)18-14-8-3-9-15-18;1-3-5-6-4-2;1-3-4-2;1-3-2;3*1-2/h4-17H,1-3H3;4-15H,1-3H3;1-14,20H,15H2;3*1-15H;3-6H2,1-2H3;3-4H2,1-2H3;3H2,1-2H3;3*1-2H3/q6*+1;;;;;;. The summed E-state index contributed by atoms with van der Waals surface area (Å²) in [5.74, 6) is 0. The average molecular weight is 1990 g/mol. The van der Waals surface area contributed by atoms with Crippen LogP contribution in [0.2, 0.25) is 0 Å². The van der Waals surface area contributed by atoms with Crippen LogP contribution in [0.15, 0.2) is 604 Å². The molecule has 18 aromatic carbocycles. The summed E-state index contributed by atoms with van der Waals surface area (Å²) in [5.41, 5.74) is 6.62. The average Bonchev–Trinajstić information content (AvgIpc) is 0.784. The fraction of sp³-hybridized carbons (Fsp3) is 0.200. The third-order valence-corrected chi connectivity index (χ3v) is 34.9. The molecule has 0 aromatic heterocycles. The van der Waals surface area contributed by atoms with Gasteiger partial charge in [-0.25, -0.2) is 0 Å². The molecule has 0 unspecified atom stereocenters. The summed E-state index contributed by atoms with van der Waals surface area (Å²) in [7, 11) is -0.246. The van der Waals surface area contributed by atoms with Crippen LogP contribution in [-0.2, 0) is 77.4 Å². The van der Waals surface area contributed by atoms with Crippen molar-refractivity contribution in [3.8, 4) is 0 Å². The minimum Gasteiger partial charge on any atom is -0.392 e. The van der Waals surface area contributed by atoms with Gasteiger partial charge in [0, 0.05) is 11.1 Å². The second kappa shape index (κ2) is 69.8. The molecule has 0 saturated carbocycles. The van der Waals surface area contributed by atoms with Gasteiger partial charge in [-0.2, -0.15) is 0 Å². The lowest BCUT2D eigenvalue weighted by molar-refractivity contribution is 0.282. The molecule has 18 aromatic rings. The monoisotopic (exact) mass is 1990 g/mol. The van der Waals surface area contributed by atoms with Gasteiger partial charge in [0.25, 0.3) is 0 Å². The Labute approximate surface area is 876 Å². The van der Waals surface area contributed by atoms with Gasteiger partial charge in [-0.1, -0.05) is 464 Å². The largest absolute Gasteiger partial charge is 0.392 e. The van der Waals surface area contributed by atoms with Gasteiger partial charge < -0.3 is 5.11 Å². The van der Waals surface area contributed by atoms with E-state index < -0.39 is 0 Å². The summed E-state index contributed by atoms with van der Waals surface area (Å²) in [6, 6.07) is 183. The van der Waals surface area contributed by atoms with E-state index in [1.54, 1.807) is 0 Å². The minimum absolute atomic E-state index is 0.0146. The summed E-state index contributed by atoms with van der Waals surface area (Å²) >= 11 is 0. The molecule has 732 valence electrons. The van der Waals surface area contributed by atoms with E-state index in [-0.39, 0.29) is 77.4 Å². The topological polar surface area (TPSA) is 20.2 Å². The first-order valence-electron chi connectivity index (χ1n) is 50.8. The first-order valence-corrected chi connectivity index (χ1v) is 58.1. The SMILES string of the molecule is CC.CC.CC.CC(C)(C)c1ccc([S+](c2ccccc2)c2ccccc2)cc1.CCC.CCCC.CCCCCC.Cc1cc(C)c([S+](c2ccccc2)c2ccccc2)c(C)c1.OCc1ccc([S+](c2ccccc2)c2ccccc2)cc1.c1ccc([S+](c2ccccc2)c2ccccc2)cc1.c1ccc([S+](c2ccccc2)c2ccccc2)cc1.c1ccc([S+](c2ccccc2)c2ccccc2)cc1. The Balaban J connectivity index is 0.000000223. The smallest absolute Gasteiger partial charge is 0.172 e. The van der Waals surface area contributed by atoms with Crippen molar-refractivity contribution in [3.05, 3.63) is 543 Å². The summed E-state index contributed by atoms with van der Waals surface area (Å²) in [5, 5.41) is 9.20. The lowest BCUT2D eigenvalue weighted by Gasteiger charge is -2.19. The van der Waals surface area contributed by atoms with E-state index in [1.165, 1.54) is 155 Å². The van der Waals surface area contributed by atoms with Crippen molar-refractivity contribution < 1.29 is 5.11 Å². The van der Waals surface area contributed by atoms with Crippen molar-refractivity contribution in [1.29, 1.82) is 0 Å². The van der Waals surface area contributed by atoms with Gasteiger partial charge in [-0.15, -0.1) is 0 Å². The molecule has 1 nitrogen and oxygen atoms in total. The number of benzene rings is 18. The van der Waals surface area contributed by atoms with E-state index in [2.05, 4.69) is 574 Å². The van der Waals surface area contributed by atoms with Crippen LogP contribution in [0.25, 0.3) is 0 Å². The third-order valence-electron chi connectivity index (χ3n) is 21.2. The van der Waals surface area contributed by atoms with Crippen molar-refractivity contribution in [3.63, 3.8) is 0 Å². The predicted molar refractivity (Wildman–Crippen MR) is 628 cm³/mol. The van der Waals surface area contributed by atoms with Crippen LogP contribution >= 0.6 is 0 Å². The quantitative estimate of drug-likeness (QED) is 0.0500. The van der Waals surface area contributed by atoms with E-state index in [9.17, 15) is 5.11 Å². The Morgan fingerprint density at radius 2 is 0.331 bits per heavy atom. The summed E-state index contributed by atoms with van der Waals surface area (Å²) in [6.07, 6.45) is 9.43. The normalized spacial score (nSPS) is 10.3. The molecule has 0 aliphatic heterocycles. The van der Waals surface area contributed by atoms with Crippen LogP contribution < -0.4 is 0 Å². The predicted octanol–water partition coefficient (Wildman–Crippen LogP) is 39.3. The highest BCUT2D eigenvalue weighted by Crippen LogP contribution is 2.40. The van der Waals surface area contributed by atoms with Gasteiger partial charge in [0.2, 0.25) is 0 Å². The van der Waals surface area contributed by atoms with Crippen molar-refractivity contribution in [2.24, 2.45) is 0 Å². The lowest BCUT2D eigenvalue weighted by atomic mass is 9.87. The maximum atomic E-state index is 9.20. The first kappa shape index (κ1) is 117. The third kappa shape index (κ3) is 39.7. The van der Waals surface area contributed by atoms with Gasteiger partial charge in [0.1, 0.15) is 0 Å². The van der Waals surface area contributed by atoms with Gasteiger partial charge in [-0.05, 0) is 244 Å². The molecule has 0 aliphatic rings. The molecule has 0 amide bonds. The molecular weight excluding hydrogens is 1830 g/mol. The van der Waals surface area contributed by atoms with Crippen LogP contribution in [0.1, 0.15) is 177 Å². The molecule has 0 fully saturated rings. The van der Waals surface area contributed by atoms with Crippen LogP contribution in [0.4, 0.5) is 0 Å². The van der Waals surface area contributed by atoms with Crippen molar-refractivity contribution in [1.82, 2.24) is 0 Å². The number of aliphatic hydroxyl groups excluding tert-OH is 1. The Bertz CT molecular complexity index is 5410.